The van der Waals surface area contributed by atoms with Crippen molar-refractivity contribution in [2.24, 2.45) is 5.41 Å². The maximum absolute atomic E-state index is 15.5. The molecule has 0 radical (unpaired) electrons. The quantitative estimate of drug-likeness (QED) is 0.270. The number of nitrogens with zero attached hydrogens (tertiary/aromatic N) is 7. The summed E-state index contributed by atoms with van der Waals surface area (Å²) in [4.78, 5) is 23.5. The second-order valence-electron chi connectivity index (χ2n) is 13.1. The van der Waals surface area contributed by atoms with Crippen LogP contribution in [0.2, 0.25) is 0 Å². The lowest BCUT2D eigenvalue weighted by atomic mass is 9.79. The maximum atomic E-state index is 15.5. The van der Waals surface area contributed by atoms with Crippen LogP contribution >= 0.6 is 0 Å². The van der Waals surface area contributed by atoms with Gasteiger partial charge in [-0.05, 0) is 70.0 Å². The number of likely N-dealkylation sites (tertiary alicyclic amines) is 1. The minimum Gasteiger partial charge on any atom is -0.356 e. The lowest BCUT2D eigenvalue weighted by Crippen LogP contribution is -2.59. The summed E-state index contributed by atoms with van der Waals surface area (Å²) in [5.74, 6) is 0.0982. The van der Waals surface area contributed by atoms with Gasteiger partial charge in [0.15, 0.2) is 6.23 Å². The van der Waals surface area contributed by atoms with Crippen molar-refractivity contribution in [3.63, 3.8) is 0 Å². The molecule has 0 aliphatic carbocycles. The topological polar surface area (TPSA) is 90.5 Å². The van der Waals surface area contributed by atoms with Crippen molar-refractivity contribution in [2.45, 2.75) is 38.8 Å². The van der Waals surface area contributed by atoms with Crippen molar-refractivity contribution in [1.29, 1.82) is 5.26 Å². The Kier molecular flexibility index (Phi) is 7.54. The fourth-order valence-electron chi connectivity index (χ4n) is 7.30. The number of anilines is 1. The summed E-state index contributed by atoms with van der Waals surface area (Å²) in [5, 5.41) is 17.0. The fraction of sp³-hybridized carbons (Fsp3) is 0.429. The summed E-state index contributed by atoms with van der Waals surface area (Å²) in [6.07, 6.45) is 9.14. The number of rotatable bonds is 6. The van der Waals surface area contributed by atoms with E-state index in [2.05, 4.69) is 17.0 Å². The summed E-state index contributed by atoms with van der Waals surface area (Å²) in [5.41, 5.74) is 4.05. The molecule has 1 amide bonds. The number of nitriles is 1. The van der Waals surface area contributed by atoms with Gasteiger partial charge in [-0.2, -0.15) is 10.4 Å². The molecule has 4 aromatic rings. The van der Waals surface area contributed by atoms with Crippen LogP contribution in [0.25, 0.3) is 32.9 Å². The Bertz CT molecular complexity index is 1860. The first kappa shape index (κ1) is 29.4. The van der Waals surface area contributed by atoms with E-state index in [0.717, 1.165) is 47.7 Å². The highest BCUT2D eigenvalue weighted by Gasteiger charge is 2.49. The number of fused-ring (bicyclic) bond motifs is 2. The van der Waals surface area contributed by atoms with Crippen molar-refractivity contribution >= 4 is 33.5 Å². The zero-order valence-electron chi connectivity index (χ0n) is 26.1. The number of halogens is 1. The summed E-state index contributed by atoms with van der Waals surface area (Å²) in [6.45, 7) is 6.09. The van der Waals surface area contributed by atoms with E-state index in [4.69, 9.17) is 14.8 Å². The smallest absolute Gasteiger partial charge is 0.246 e. The number of amides is 1. The maximum Gasteiger partial charge on any atom is 0.246 e. The Morgan fingerprint density at radius 2 is 2.02 bits per heavy atom. The van der Waals surface area contributed by atoms with E-state index >= 15 is 4.39 Å². The molecule has 0 N–H and O–H groups in total. The van der Waals surface area contributed by atoms with Gasteiger partial charge in [0.1, 0.15) is 28.8 Å². The van der Waals surface area contributed by atoms with E-state index < -0.39 is 5.82 Å². The van der Waals surface area contributed by atoms with Crippen LogP contribution in [0.1, 0.15) is 43.0 Å². The average molecular weight is 608 g/mol. The third-order valence-electron chi connectivity index (χ3n) is 9.56. The molecule has 2 aromatic carbocycles. The van der Waals surface area contributed by atoms with Gasteiger partial charge in [-0.3, -0.25) is 4.79 Å². The van der Waals surface area contributed by atoms with Crippen LogP contribution in [0.4, 0.5) is 10.2 Å². The van der Waals surface area contributed by atoms with Crippen LogP contribution in [0.15, 0.2) is 48.7 Å². The number of para-hydroxylation sites is 1. The second-order valence-corrected chi connectivity index (χ2v) is 13.1. The largest absolute Gasteiger partial charge is 0.356 e. The first-order chi connectivity index (χ1) is 21.8. The zero-order chi connectivity index (χ0) is 31.3. The highest BCUT2D eigenvalue weighted by Crippen LogP contribution is 2.46. The van der Waals surface area contributed by atoms with Crippen molar-refractivity contribution in [1.82, 2.24) is 24.6 Å². The monoisotopic (exact) mass is 607 g/mol. The number of carbonyl (C=O) groups is 1. The van der Waals surface area contributed by atoms with E-state index in [1.165, 1.54) is 6.07 Å². The molecule has 3 fully saturated rings. The molecule has 3 aliphatic heterocycles. The number of likely N-dealkylation sites (N-methyl/N-ethyl adjacent to an activating group) is 1. The summed E-state index contributed by atoms with van der Waals surface area (Å²) in [6, 6.07) is 11.5. The van der Waals surface area contributed by atoms with Crippen molar-refractivity contribution in [3.05, 3.63) is 65.6 Å². The van der Waals surface area contributed by atoms with Gasteiger partial charge >= 0.3 is 0 Å². The van der Waals surface area contributed by atoms with Gasteiger partial charge in [0.05, 0.1) is 11.7 Å². The van der Waals surface area contributed by atoms with Crippen LogP contribution in [-0.4, -0.2) is 83.9 Å². The Morgan fingerprint density at radius 1 is 1.18 bits per heavy atom. The molecular weight excluding hydrogens is 569 g/mol. The third kappa shape index (κ3) is 5.14. The molecule has 1 atom stereocenters. The van der Waals surface area contributed by atoms with Crippen LogP contribution in [0.3, 0.4) is 0 Å². The highest BCUT2D eigenvalue weighted by atomic mass is 19.1. The van der Waals surface area contributed by atoms with E-state index in [-0.39, 0.29) is 23.1 Å². The minimum absolute atomic E-state index is 0.0227. The molecule has 0 bridgehead atoms. The number of aromatic nitrogens is 3. The molecule has 9 nitrogen and oxygen atoms in total. The summed E-state index contributed by atoms with van der Waals surface area (Å²) in [7, 11) is 3.94. The summed E-state index contributed by atoms with van der Waals surface area (Å²) < 4.78 is 23.5. The molecule has 10 heteroatoms. The Labute approximate surface area is 262 Å². The Balaban J connectivity index is 1.28. The van der Waals surface area contributed by atoms with Crippen molar-refractivity contribution < 1.29 is 13.9 Å². The number of hydrogen-bond acceptors (Lipinski definition) is 7. The third-order valence-corrected chi connectivity index (χ3v) is 9.56. The zero-order valence-corrected chi connectivity index (χ0v) is 26.1. The molecule has 45 heavy (non-hydrogen) atoms. The van der Waals surface area contributed by atoms with Gasteiger partial charge in [0.25, 0.3) is 0 Å². The average Bonchev–Trinajstić information content (AvgIpc) is 3.66. The first-order valence-electron chi connectivity index (χ1n) is 15.7. The summed E-state index contributed by atoms with van der Waals surface area (Å²) >= 11 is 0. The normalized spacial score (nSPS) is 19.7. The van der Waals surface area contributed by atoms with E-state index in [1.54, 1.807) is 12.1 Å². The van der Waals surface area contributed by atoms with Crippen LogP contribution < -0.4 is 4.90 Å². The number of carbonyl (C=O) groups excluding carboxylic acids is 1. The predicted molar refractivity (Wildman–Crippen MR) is 172 cm³/mol. The van der Waals surface area contributed by atoms with Crippen LogP contribution in [-0.2, 0) is 9.53 Å². The lowest BCUT2D eigenvalue weighted by Gasteiger charge is -2.47. The van der Waals surface area contributed by atoms with E-state index in [0.29, 0.717) is 61.7 Å². The molecule has 3 aliphatic rings. The first-order valence-corrected chi connectivity index (χ1v) is 15.7. The molecule has 1 unspecified atom stereocenters. The fourth-order valence-corrected chi connectivity index (χ4v) is 7.30. The lowest BCUT2D eigenvalue weighted by molar-refractivity contribution is -0.136. The van der Waals surface area contributed by atoms with Gasteiger partial charge in [-0.1, -0.05) is 24.3 Å². The molecule has 7 rings (SSSR count). The van der Waals surface area contributed by atoms with E-state index in [1.807, 2.05) is 59.9 Å². The number of hydrogen-bond donors (Lipinski definition) is 0. The number of benzene rings is 2. The van der Waals surface area contributed by atoms with Crippen LogP contribution in [0.5, 0.6) is 0 Å². The van der Waals surface area contributed by atoms with E-state index in [9.17, 15) is 10.1 Å². The van der Waals surface area contributed by atoms with Crippen LogP contribution in [0, 0.1) is 29.5 Å². The standard InChI is InChI=1S/C35H38FN7O2/c1-23-12-13-28-26(19-38-43(28)30-11-4-5-17-45-30)31(23)32-24-8-6-9-27(36)33(24)39-34(25(32)18-37)41-16-14-35(20-41)21-42(22-35)29(44)10-7-15-40(2)3/h6-10,12-13,19,30H,4-5,11,14-17,20-22H2,1-3H3/b10-7+. The SMILES string of the molecule is Cc1ccc2c(cnn2C2CCCCO2)c1-c1c(C#N)c(N2CCC3(CN(C(=O)/C=C/CN(C)C)C3)C2)nc2c(F)cccc12. The van der Waals surface area contributed by atoms with Gasteiger partial charge in [-0.25, -0.2) is 14.1 Å². The number of aryl methyl sites for hydroxylation is 1. The minimum atomic E-state index is -0.422. The number of ether oxygens (including phenoxy) is 1. The van der Waals surface area contributed by atoms with Crippen molar-refractivity contribution in [2.75, 3.05) is 58.3 Å². The molecule has 1 spiro atoms. The van der Waals surface area contributed by atoms with Gasteiger partial charge in [0, 0.05) is 67.2 Å². The van der Waals surface area contributed by atoms with Crippen molar-refractivity contribution in [3.8, 4) is 17.2 Å². The van der Waals surface area contributed by atoms with Gasteiger partial charge in [-0.15, -0.1) is 0 Å². The number of pyridine rings is 1. The Hall–Kier alpha value is -4.33. The molecular formula is C35H38FN7O2. The van der Waals surface area contributed by atoms with Gasteiger partial charge in [0.2, 0.25) is 5.91 Å². The molecule has 232 valence electrons. The Morgan fingerprint density at radius 3 is 2.78 bits per heavy atom. The highest BCUT2D eigenvalue weighted by molar-refractivity contribution is 6.08. The predicted octanol–water partition coefficient (Wildman–Crippen LogP) is 5.43. The van der Waals surface area contributed by atoms with Gasteiger partial charge < -0.3 is 19.4 Å². The molecule has 5 heterocycles. The molecule has 3 saturated heterocycles. The molecule has 2 aromatic heterocycles. The second kappa shape index (κ2) is 11.5. The molecule has 0 saturated carbocycles.